The van der Waals surface area contributed by atoms with Gasteiger partial charge in [-0.2, -0.15) is 0 Å². The molecule has 1 aliphatic rings. The summed E-state index contributed by atoms with van der Waals surface area (Å²) < 4.78 is 50.3. The Kier molecular flexibility index (Phi) is 6.33. The van der Waals surface area contributed by atoms with E-state index in [0.717, 1.165) is 5.56 Å². The monoisotopic (exact) mass is 456 g/mol. The minimum Gasteiger partial charge on any atom is -0.346 e. The molecule has 1 amide bonds. The molecular weight excluding hydrogens is 436 g/mol. The highest BCUT2D eigenvalue weighted by Gasteiger charge is 2.31. The first-order chi connectivity index (χ1) is 13.6. The van der Waals surface area contributed by atoms with Gasteiger partial charge in [0.25, 0.3) is 5.91 Å². The summed E-state index contributed by atoms with van der Waals surface area (Å²) in [5.74, 6) is -0.575. The van der Waals surface area contributed by atoms with Crippen molar-refractivity contribution in [2.45, 2.75) is 30.3 Å². The Balaban J connectivity index is 1.66. The number of sulfonamides is 1. The minimum atomic E-state index is -3.87. The number of rotatable bonds is 6. The van der Waals surface area contributed by atoms with E-state index in [1.807, 2.05) is 13.0 Å². The first-order valence-electron chi connectivity index (χ1n) is 8.95. The van der Waals surface area contributed by atoms with Gasteiger partial charge in [0.1, 0.15) is 0 Å². The van der Waals surface area contributed by atoms with Crippen molar-refractivity contribution in [3.05, 3.63) is 64.7 Å². The molecule has 0 bridgehead atoms. The van der Waals surface area contributed by atoms with Gasteiger partial charge in [-0.1, -0.05) is 23.7 Å². The van der Waals surface area contributed by atoms with Crippen molar-refractivity contribution in [3.8, 4) is 0 Å². The smallest absolute Gasteiger partial charge is 0.251 e. The molecular formula is C19H21ClN2O5S2. The number of carbonyl (C=O) groups is 1. The highest BCUT2D eigenvalue weighted by Crippen LogP contribution is 2.19. The van der Waals surface area contributed by atoms with Gasteiger partial charge in [0.15, 0.2) is 9.84 Å². The van der Waals surface area contributed by atoms with Gasteiger partial charge in [0, 0.05) is 16.6 Å². The van der Waals surface area contributed by atoms with Crippen molar-refractivity contribution in [2.75, 3.05) is 11.5 Å². The largest absolute Gasteiger partial charge is 0.346 e. The van der Waals surface area contributed by atoms with Crippen molar-refractivity contribution in [2.24, 2.45) is 0 Å². The molecule has 10 heteroatoms. The normalized spacial score (nSPS) is 19.6. The van der Waals surface area contributed by atoms with E-state index in [1.165, 1.54) is 24.3 Å². The Morgan fingerprint density at radius 3 is 2.45 bits per heavy atom. The molecule has 29 heavy (non-hydrogen) atoms. The molecule has 1 aliphatic heterocycles. The Morgan fingerprint density at radius 1 is 1.17 bits per heavy atom. The van der Waals surface area contributed by atoms with E-state index < -0.39 is 25.9 Å². The summed E-state index contributed by atoms with van der Waals surface area (Å²) >= 11 is 5.97. The molecule has 0 spiro atoms. The standard InChI is InChI=1S/C19H21ClN2O5S2/c1-13(15-3-2-4-16(20)11-15)21-19(23)14-5-7-18(8-6-14)29(26,27)22-17-9-10-28(24,25)12-17/h2-8,11,13,17,22H,9-10,12H2,1H3,(H,21,23)/t13-,17+/m1/s1. The Morgan fingerprint density at radius 2 is 1.86 bits per heavy atom. The third-order valence-corrected chi connectivity index (χ3v) is 8.22. The van der Waals surface area contributed by atoms with Gasteiger partial charge in [0.05, 0.1) is 22.4 Å². The second-order valence-electron chi connectivity index (χ2n) is 7.00. The molecule has 2 aromatic rings. The van der Waals surface area contributed by atoms with Crippen LogP contribution in [0.15, 0.2) is 53.4 Å². The van der Waals surface area contributed by atoms with Crippen LogP contribution in [0.4, 0.5) is 0 Å². The van der Waals surface area contributed by atoms with Crippen LogP contribution in [-0.2, 0) is 19.9 Å². The van der Waals surface area contributed by atoms with E-state index in [-0.39, 0.29) is 34.8 Å². The van der Waals surface area contributed by atoms with Gasteiger partial charge < -0.3 is 5.32 Å². The summed E-state index contributed by atoms with van der Waals surface area (Å²) in [6.07, 6.45) is 0.253. The lowest BCUT2D eigenvalue weighted by molar-refractivity contribution is 0.0939. The third kappa shape index (κ3) is 5.57. The number of nitrogens with one attached hydrogen (secondary N) is 2. The van der Waals surface area contributed by atoms with E-state index in [0.29, 0.717) is 10.6 Å². The summed E-state index contributed by atoms with van der Waals surface area (Å²) in [4.78, 5) is 12.4. The number of hydrogen-bond acceptors (Lipinski definition) is 5. The topological polar surface area (TPSA) is 109 Å². The molecule has 0 radical (unpaired) electrons. The van der Waals surface area contributed by atoms with Crippen LogP contribution in [0.2, 0.25) is 5.02 Å². The lowest BCUT2D eigenvalue weighted by atomic mass is 10.1. The van der Waals surface area contributed by atoms with Crippen LogP contribution in [0.3, 0.4) is 0 Å². The van der Waals surface area contributed by atoms with Gasteiger partial charge in [-0.05, 0) is 55.3 Å². The van der Waals surface area contributed by atoms with E-state index in [1.54, 1.807) is 18.2 Å². The molecule has 0 aliphatic carbocycles. The van der Waals surface area contributed by atoms with Gasteiger partial charge in [-0.3, -0.25) is 4.79 Å². The molecule has 3 rings (SSSR count). The molecule has 1 saturated heterocycles. The molecule has 2 N–H and O–H groups in total. The van der Waals surface area contributed by atoms with Gasteiger partial charge in [-0.25, -0.2) is 21.6 Å². The van der Waals surface area contributed by atoms with Gasteiger partial charge >= 0.3 is 0 Å². The van der Waals surface area contributed by atoms with Gasteiger partial charge in [-0.15, -0.1) is 0 Å². The van der Waals surface area contributed by atoms with Crippen LogP contribution in [0.5, 0.6) is 0 Å². The predicted molar refractivity (Wildman–Crippen MR) is 111 cm³/mol. The Hall–Kier alpha value is -1.94. The van der Waals surface area contributed by atoms with Crippen LogP contribution < -0.4 is 10.0 Å². The summed E-state index contributed by atoms with van der Waals surface area (Å²) in [5.41, 5.74) is 1.15. The highest BCUT2D eigenvalue weighted by atomic mass is 35.5. The first-order valence-corrected chi connectivity index (χ1v) is 12.6. The summed E-state index contributed by atoms with van der Waals surface area (Å²) in [7, 11) is -7.06. The Labute approximate surface area is 175 Å². The van der Waals surface area contributed by atoms with Gasteiger partial charge in [0.2, 0.25) is 10.0 Å². The van der Waals surface area contributed by atoms with E-state index in [9.17, 15) is 21.6 Å². The SMILES string of the molecule is C[C@@H](NC(=O)c1ccc(S(=O)(=O)N[C@H]2CCS(=O)(=O)C2)cc1)c1cccc(Cl)c1. The van der Waals surface area contributed by atoms with Crippen LogP contribution in [0.1, 0.15) is 35.3 Å². The quantitative estimate of drug-likeness (QED) is 0.693. The fourth-order valence-corrected chi connectivity index (χ4v) is 6.35. The molecule has 156 valence electrons. The first kappa shape index (κ1) is 21.8. The molecule has 0 saturated carbocycles. The van der Waals surface area contributed by atoms with Crippen molar-refractivity contribution < 1.29 is 21.6 Å². The molecule has 2 aromatic carbocycles. The highest BCUT2D eigenvalue weighted by molar-refractivity contribution is 7.92. The predicted octanol–water partition coefficient (Wildman–Crippen LogP) is 2.30. The Bertz CT molecular complexity index is 1120. The average Bonchev–Trinajstić information content (AvgIpc) is 2.99. The second kappa shape index (κ2) is 8.43. The number of benzene rings is 2. The maximum Gasteiger partial charge on any atom is 0.251 e. The molecule has 0 unspecified atom stereocenters. The van der Waals surface area contributed by atoms with E-state index in [4.69, 9.17) is 11.6 Å². The number of hydrogen-bond donors (Lipinski definition) is 2. The molecule has 2 atom stereocenters. The molecule has 7 nitrogen and oxygen atoms in total. The third-order valence-electron chi connectivity index (χ3n) is 4.68. The lowest BCUT2D eigenvalue weighted by Gasteiger charge is -2.15. The number of carbonyl (C=O) groups excluding carboxylic acids is 1. The maximum absolute atomic E-state index is 12.5. The van der Waals surface area contributed by atoms with Crippen molar-refractivity contribution in [1.82, 2.24) is 10.0 Å². The van der Waals surface area contributed by atoms with Crippen LogP contribution in [-0.4, -0.2) is 40.3 Å². The summed E-state index contributed by atoms with van der Waals surface area (Å²) in [6, 6.07) is 11.7. The maximum atomic E-state index is 12.5. The average molecular weight is 457 g/mol. The molecule has 0 aromatic heterocycles. The fraction of sp³-hybridized carbons (Fsp3) is 0.316. The van der Waals surface area contributed by atoms with E-state index in [2.05, 4.69) is 10.0 Å². The number of sulfone groups is 1. The zero-order valence-electron chi connectivity index (χ0n) is 15.6. The zero-order valence-corrected chi connectivity index (χ0v) is 18.0. The number of amides is 1. The van der Waals surface area contributed by atoms with Crippen molar-refractivity contribution in [3.63, 3.8) is 0 Å². The van der Waals surface area contributed by atoms with Crippen molar-refractivity contribution >= 4 is 37.4 Å². The summed E-state index contributed by atoms with van der Waals surface area (Å²) in [5, 5.41) is 3.41. The summed E-state index contributed by atoms with van der Waals surface area (Å²) in [6.45, 7) is 1.82. The van der Waals surface area contributed by atoms with Crippen LogP contribution in [0.25, 0.3) is 0 Å². The van der Waals surface area contributed by atoms with Crippen LogP contribution in [0, 0.1) is 0 Å². The minimum absolute atomic E-state index is 0.0237. The van der Waals surface area contributed by atoms with E-state index >= 15 is 0 Å². The number of halogens is 1. The van der Waals surface area contributed by atoms with Crippen LogP contribution >= 0.6 is 11.6 Å². The second-order valence-corrected chi connectivity index (χ2v) is 11.4. The molecule has 1 fully saturated rings. The van der Waals surface area contributed by atoms with Crippen molar-refractivity contribution in [1.29, 1.82) is 0 Å². The zero-order chi connectivity index (χ0) is 21.2. The fourth-order valence-electron chi connectivity index (χ4n) is 3.10. The lowest BCUT2D eigenvalue weighted by Crippen LogP contribution is -2.35. The molecule has 1 heterocycles.